The number of ketones is 2. The summed E-state index contributed by atoms with van der Waals surface area (Å²) < 4.78 is 98.1. The van der Waals surface area contributed by atoms with Gasteiger partial charge in [0.15, 0.2) is 17.2 Å². The molecule has 1 fully saturated rings. The quantitative estimate of drug-likeness (QED) is 0.143. The minimum Gasteiger partial charge on any atom is -0.294 e. The molecule has 0 bridgehead atoms. The number of halogens is 6. The second-order valence-corrected chi connectivity index (χ2v) is 14.5. The zero-order valence-corrected chi connectivity index (χ0v) is 26.9. The van der Waals surface area contributed by atoms with Gasteiger partial charge in [0.05, 0.1) is 28.5 Å². The Balaban J connectivity index is 1.88. The zero-order chi connectivity index (χ0) is 34.4. The highest BCUT2D eigenvalue weighted by atomic mass is 31.1. The maximum atomic E-state index is 14.4. The third-order valence-electron chi connectivity index (χ3n) is 8.61. The molecule has 46 heavy (non-hydrogen) atoms. The molecule has 0 N–H and O–H groups in total. The Hall–Kier alpha value is -3.65. The van der Waals surface area contributed by atoms with Crippen molar-refractivity contribution < 1.29 is 45.3 Å². The first kappa shape index (κ1) is 35.2. The molecular weight excluding hydrogens is 629 g/mol. The molecule has 4 nitrogen and oxygen atoms in total. The molecule has 0 heterocycles. The zero-order valence-electron chi connectivity index (χ0n) is 26.0. The van der Waals surface area contributed by atoms with Crippen LogP contribution in [-0.2, 0) is 22.3 Å². The summed E-state index contributed by atoms with van der Waals surface area (Å²) in [6, 6.07) is 11.6. The molecule has 4 rings (SSSR count). The lowest BCUT2D eigenvalue weighted by Crippen LogP contribution is -2.41. The van der Waals surface area contributed by atoms with E-state index < -0.39 is 77.0 Å². The van der Waals surface area contributed by atoms with E-state index in [0.29, 0.717) is 11.1 Å². The molecule has 3 atom stereocenters. The molecule has 3 aromatic carbocycles. The van der Waals surface area contributed by atoms with Crippen molar-refractivity contribution in [1.82, 2.24) is 0 Å². The number of alkyl halides is 6. The van der Waals surface area contributed by atoms with Gasteiger partial charge in [-0.15, -0.1) is 0 Å². The van der Waals surface area contributed by atoms with E-state index in [2.05, 4.69) is 0 Å². The van der Waals surface area contributed by atoms with Gasteiger partial charge in [-0.05, 0) is 60.9 Å². The Labute approximate surface area is 264 Å². The Bertz CT molecular complexity index is 1600. The van der Waals surface area contributed by atoms with Crippen LogP contribution < -0.4 is 0 Å². The third-order valence-corrected chi connectivity index (χ3v) is 10.5. The van der Waals surface area contributed by atoms with E-state index in [9.17, 15) is 45.3 Å². The summed E-state index contributed by atoms with van der Waals surface area (Å²) in [4.78, 5) is 41.9. The van der Waals surface area contributed by atoms with Gasteiger partial charge in [0, 0.05) is 11.1 Å². The lowest BCUT2D eigenvalue weighted by molar-refractivity contribution is -0.138. The SMILES string of the molecule is Cc1cc(C(C)(C)C)cc(C)c1C(=O)[P+](=O)C1C(C(=O)c2ccccc2C(F)(F)F)CCCC1C(=O)c1ccccc1C(F)(F)F. The minimum atomic E-state index is -4.92. The summed E-state index contributed by atoms with van der Waals surface area (Å²) in [6.07, 6.45) is -9.95. The predicted octanol–water partition coefficient (Wildman–Crippen LogP) is 10.2. The van der Waals surface area contributed by atoms with Crippen molar-refractivity contribution in [2.75, 3.05) is 0 Å². The lowest BCUT2D eigenvalue weighted by atomic mass is 9.73. The third kappa shape index (κ3) is 7.02. The summed E-state index contributed by atoms with van der Waals surface area (Å²) >= 11 is 0. The molecule has 1 aliphatic rings. The van der Waals surface area contributed by atoms with Crippen molar-refractivity contribution in [1.29, 1.82) is 0 Å². The monoisotopic (exact) mass is 663 g/mol. The van der Waals surface area contributed by atoms with Crippen molar-refractivity contribution in [2.45, 2.75) is 77.3 Å². The minimum absolute atomic E-state index is 0.0847. The number of rotatable bonds is 7. The molecule has 0 aliphatic heterocycles. The number of carbonyl (C=O) groups is 3. The van der Waals surface area contributed by atoms with Crippen molar-refractivity contribution in [3.8, 4) is 0 Å². The summed E-state index contributed by atoms with van der Waals surface area (Å²) in [6.45, 7) is 9.19. The maximum Gasteiger partial charge on any atom is 0.424 e. The second-order valence-electron chi connectivity index (χ2n) is 12.8. The van der Waals surface area contributed by atoms with E-state index >= 15 is 0 Å². The molecule has 3 aromatic rings. The second kappa shape index (κ2) is 12.9. The van der Waals surface area contributed by atoms with E-state index in [1.165, 1.54) is 12.1 Å². The van der Waals surface area contributed by atoms with Crippen LogP contribution in [0.15, 0.2) is 60.7 Å². The van der Waals surface area contributed by atoms with Crippen LogP contribution in [0.4, 0.5) is 26.3 Å². The van der Waals surface area contributed by atoms with Gasteiger partial charge >= 0.3 is 25.7 Å². The highest BCUT2D eigenvalue weighted by Crippen LogP contribution is 2.51. The van der Waals surface area contributed by atoms with Gasteiger partial charge in [-0.2, -0.15) is 26.3 Å². The first-order valence-corrected chi connectivity index (χ1v) is 16.1. The highest BCUT2D eigenvalue weighted by Gasteiger charge is 2.56. The molecule has 1 saturated carbocycles. The maximum absolute atomic E-state index is 14.4. The Morgan fingerprint density at radius 1 is 0.696 bits per heavy atom. The van der Waals surface area contributed by atoms with Crippen LogP contribution in [0.5, 0.6) is 0 Å². The fourth-order valence-corrected chi connectivity index (χ4v) is 8.41. The van der Waals surface area contributed by atoms with Crippen LogP contribution in [0.2, 0.25) is 0 Å². The molecule has 0 saturated heterocycles. The molecular formula is C35H34F6O4P+. The first-order chi connectivity index (χ1) is 21.2. The smallest absolute Gasteiger partial charge is 0.294 e. The molecule has 0 aromatic heterocycles. The number of carbonyl (C=O) groups excluding carboxylic acids is 3. The largest absolute Gasteiger partial charge is 0.424 e. The average molecular weight is 664 g/mol. The van der Waals surface area contributed by atoms with Crippen molar-refractivity contribution in [3.05, 3.63) is 105 Å². The van der Waals surface area contributed by atoms with Crippen LogP contribution in [-0.4, -0.2) is 22.7 Å². The van der Waals surface area contributed by atoms with E-state index in [-0.39, 0.29) is 30.2 Å². The normalized spacial score (nSPS) is 19.5. The number of hydrogen-bond acceptors (Lipinski definition) is 4. The van der Waals surface area contributed by atoms with Crippen LogP contribution in [0.25, 0.3) is 0 Å². The van der Waals surface area contributed by atoms with Crippen LogP contribution >= 0.6 is 7.80 Å². The summed E-state index contributed by atoms with van der Waals surface area (Å²) in [5, 5.41) is 0. The molecule has 0 amide bonds. The van der Waals surface area contributed by atoms with Crippen molar-refractivity contribution >= 4 is 24.9 Å². The Morgan fingerprint density at radius 3 is 1.46 bits per heavy atom. The highest BCUT2D eigenvalue weighted by molar-refractivity contribution is 7.65. The van der Waals surface area contributed by atoms with Gasteiger partial charge in [0.1, 0.15) is 0 Å². The Kier molecular flexibility index (Phi) is 9.84. The van der Waals surface area contributed by atoms with Gasteiger partial charge in [-0.1, -0.05) is 80.3 Å². The fourth-order valence-electron chi connectivity index (χ4n) is 6.35. The molecule has 244 valence electrons. The number of hydrogen-bond donors (Lipinski definition) is 0. The van der Waals surface area contributed by atoms with Gasteiger partial charge < -0.3 is 0 Å². The van der Waals surface area contributed by atoms with Gasteiger partial charge in [-0.25, -0.2) is 4.79 Å². The standard InChI is InChI=1S/C35H34F6O4P/c1-19-17-21(33(3,4)5)18-20(2)28(19)32(44)46(45)31-24(29(42)22-11-6-8-15-26(22)34(36,37)38)13-10-14-25(31)30(43)23-12-7-9-16-27(23)35(39,40)41/h6-9,11-12,15-18,24-25,31H,10,13-14H2,1-5H3/q+1. The first-order valence-electron chi connectivity index (χ1n) is 14.8. The van der Waals surface area contributed by atoms with Crippen LogP contribution in [0.1, 0.15) is 98.9 Å². The number of benzene rings is 3. The molecule has 11 heteroatoms. The fraction of sp³-hybridized carbons (Fsp3) is 0.400. The summed E-state index contributed by atoms with van der Waals surface area (Å²) in [5.74, 6) is -5.11. The summed E-state index contributed by atoms with van der Waals surface area (Å²) in [7, 11) is -3.20. The van der Waals surface area contributed by atoms with E-state index in [1.807, 2.05) is 20.8 Å². The van der Waals surface area contributed by atoms with Gasteiger partial charge in [-0.3, -0.25) is 9.59 Å². The Morgan fingerprint density at radius 2 is 1.09 bits per heavy atom. The molecule has 3 unspecified atom stereocenters. The topological polar surface area (TPSA) is 68.3 Å². The number of aryl methyl sites for hydroxylation is 2. The van der Waals surface area contributed by atoms with Crippen molar-refractivity contribution in [3.63, 3.8) is 0 Å². The van der Waals surface area contributed by atoms with Crippen LogP contribution in [0.3, 0.4) is 0 Å². The van der Waals surface area contributed by atoms with Crippen LogP contribution in [0, 0.1) is 25.7 Å². The predicted molar refractivity (Wildman–Crippen MR) is 163 cm³/mol. The van der Waals surface area contributed by atoms with E-state index in [0.717, 1.165) is 42.0 Å². The molecule has 1 aliphatic carbocycles. The summed E-state index contributed by atoms with van der Waals surface area (Å²) in [5.41, 5.74) is -4.81. The lowest BCUT2D eigenvalue weighted by Gasteiger charge is -2.31. The van der Waals surface area contributed by atoms with Gasteiger partial charge in [0.2, 0.25) is 0 Å². The average Bonchev–Trinajstić information content (AvgIpc) is 2.97. The molecule has 0 spiro atoms. The van der Waals surface area contributed by atoms with E-state index in [4.69, 9.17) is 0 Å². The number of Topliss-reactive ketones (excluding diaryl/α,β-unsaturated/α-hetero) is 2. The van der Waals surface area contributed by atoms with Crippen molar-refractivity contribution in [2.24, 2.45) is 11.8 Å². The van der Waals surface area contributed by atoms with E-state index in [1.54, 1.807) is 26.0 Å². The molecule has 0 radical (unpaired) electrons. The van der Waals surface area contributed by atoms with Gasteiger partial charge in [0.25, 0.3) is 0 Å².